The zero-order valence-corrected chi connectivity index (χ0v) is 15.6. The second kappa shape index (κ2) is 7.53. The second-order valence-electron chi connectivity index (χ2n) is 7.00. The summed E-state index contributed by atoms with van der Waals surface area (Å²) in [7, 11) is 3.25. The summed E-state index contributed by atoms with van der Waals surface area (Å²) in [5.74, 6) is 2.30. The van der Waals surface area contributed by atoms with Crippen molar-refractivity contribution in [2.24, 2.45) is 5.92 Å². The largest absolute Gasteiger partial charge is 0.504 e. The molecule has 5 heteroatoms. The van der Waals surface area contributed by atoms with Gasteiger partial charge < -0.3 is 24.6 Å². The van der Waals surface area contributed by atoms with Crippen LogP contribution in [0, 0.1) is 5.92 Å². The average Bonchev–Trinajstić information content (AvgIpc) is 3.18. The molecule has 1 aliphatic heterocycles. The number of phenols is 1. The van der Waals surface area contributed by atoms with Crippen molar-refractivity contribution < 1.29 is 19.3 Å². The normalized spacial score (nSPS) is 22.7. The number of hydrogen-bond acceptors (Lipinski definition) is 5. The van der Waals surface area contributed by atoms with Crippen molar-refractivity contribution >= 4 is 5.69 Å². The first-order valence-electron chi connectivity index (χ1n) is 9.27. The van der Waals surface area contributed by atoms with Crippen molar-refractivity contribution in [2.75, 3.05) is 32.8 Å². The molecular formula is C22H25NO4. The first-order chi connectivity index (χ1) is 13.2. The van der Waals surface area contributed by atoms with Crippen molar-refractivity contribution in [1.82, 2.24) is 0 Å². The maximum atomic E-state index is 9.92. The van der Waals surface area contributed by atoms with Crippen LogP contribution in [0.5, 0.6) is 17.2 Å². The molecule has 2 aromatic carbocycles. The van der Waals surface area contributed by atoms with Gasteiger partial charge in [-0.15, -0.1) is 0 Å². The second-order valence-corrected chi connectivity index (χ2v) is 7.00. The summed E-state index contributed by atoms with van der Waals surface area (Å²) in [4.78, 5) is 0. The van der Waals surface area contributed by atoms with Gasteiger partial charge in [0.15, 0.2) is 11.5 Å². The number of nitrogens with one attached hydrogen (secondary N) is 1. The molecule has 1 heterocycles. The smallest absolute Gasteiger partial charge is 0.160 e. The van der Waals surface area contributed by atoms with Crippen molar-refractivity contribution in [3.8, 4) is 17.2 Å². The summed E-state index contributed by atoms with van der Waals surface area (Å²) in [6.45, 7) is 1.12. The summed E-state index contributed by atoms with van der Waals surface area (Å²) < 4.78 is 16.2. The van der Waals surface area contributed by atoms with E-state index in [-0.39, 0.29) is 11.8 Å². The Balaban J connectivity index is 1.64. The van der Waals surface area contributed by atoms with Gasteiger partial charge in [0, 0.05) is 18.7 Å². The molecule has 3 unspecified atom stereocenters. The molecular weight excluding hydrogens is 342 g/mol. The van der Waals surface area contributed by atoms with E-state index in [0.717, 1.165) is 23.4 Å². The summed E-state index contributed by atoms with van der Waals surface area (Å²) in [5, 5.41) is 13.6. The van der Waals surface area contributed by atoms with Gasteiger partial charge in [0.25, 0.3) is 0 Å². The van der Waals surface area contributed by atoms with Gasteiger partial charge in [-0.05, 0) is 53.8 Å². The van der Waals surface area contributed by atoms with Crippen LogP contribution in [0.2, 0.25) is 0 Å². The molecule has 2 aromatic rings. The fourth-order valence-corrected chi connectivity index (χ4v) is 4.12. The fourth-order valence-electron chi connectivity index (χ4n) is 4.12. The Bertz CT molecular complexity index is 848. The maximum Gasteiger partial charge on any atom is 0.160 e. The van der Waals surface area contributed by atoms with Gasteiger partial charge in [0.05, 0.1) is 19.8 Å². The van der Waals surface area contributed by atoms with Crippen molar-refractivity contribution in [3.05, 3.63) is 59.7 Å². The number of aromatic hydroxyl groups is 1. The molecule has 4 rings (SSSR count). The number of anilines is 1. The topological polar surface area (TPSA) is 60.0 Å². The predicted molar refractivity (Wildman–Crippen MR) is 105 cm³/mol. The zero-order valence-electron chi connectivity index (χ0n) is 15.6. The number of methoxy groups -OCH3 is 2. The highest BCUT2D eigenvalue weighted by atomic mass is 16.5. The van der Waals surface area contributed by atoms with Gasteiger partial charge in [0.1, 0.15) is 12.4 Å². The maximum absolute atomic E-state index is 9.92. The van der Waals surface area contributed by atoms with Crippen LogP contribution in [0.4, 0.5) is 5.69 Å². The minimum atomic E-state index is 0.159. The number of ether oxygens (including phenoxy) is 3. The average molecular weight is 367 g/mol. The van der Waals surface area contributed by atoms with E-state index in [0.29, 0.717) is 30.8 Å². The third-order valence-electron chi connectivity index (χ3n) is 5.45. The monoisotopic (exact) mass is 367 g/mol. The van der Waals surface area contributed by atoms with E-state index < -0.39 is 0 Å². The molecule has 27 heavy (non-hydrogen) atoms. The van der Waals surface area contributed by atoms with Gasteiger partial charge in [0.2, 0.25) is 0 Å². The molecule has 3 atom stereocenters. The summed E-state index contributed by atoms with van der Waals surface area (Å²) >= 11 is 0. The summed E-state index contributed by atoms with van der Waals surface area (Å²) in [5.41, 5.74) is 3.51. The van der Waals surface area contributed by atoms with Gasteiger partial charge >= 0.3 is 0 Å². The number of phenolic OH excluding ortho intramolecular Hbond substituents is 1. The zero-order chi connectivity index (χ0) is 18.8. The highest BCUT2D eigenvalue weighted by Crippen LogP contribution is 2.51. The van der Waals surface area contributed by atoms with Crippen LogP contribution < -0.4 is 14.8 Å². The van der Waals surface area contributed by atoms with Crippen molar-refractivity contribution in [1.29, 1.82) is 0 Å². The quantitative estimate of drug-likeness (QED) is 0.590. The Morgan fingerprint density at radius 3 is 2.81 bits per heavy atom. The molecule has 0 spiro atoms. The van der Waals surface area contributed by atoms with Crippen molar-refractivity contribution in [2.45, 2.75) is 18.4 Å². The van der Waals surface area contributed by atoms with Crippen molar-refractivity contribution in [3.63, 3.8) is 0 Å². The van der Waals surface area contributed by atoms with E-state index in [2.05, 4.69) is 29.6 Å². The van der Waals surface area contributed by atoms with Gasteiger partial charge in [-0.3, -0.25) is 0 Å². The number of benzene rings is 2. The van der Waals surface area contributed by atoms with E-state index in [1.165, 1.54) is 5.56 Å². The molecule has 2 aliphatic rings. The molecule has 0 saturated carbocycles. The number of hydrogen-bond donors (Lipinski definition) is 2. The van der Waals surface area contributed by atoms with Crippen LogP contribution in [-0.2, 0) is 4.74 Å². The van der Waals surface area contributed by atoms with Crippen LogP contribution >= 0.6 is 0 Å². The molecule has 0 saturated heterocycles. The van der Waals surface area contributed by atoms with Crippen LogP contribution in [-0.4, -0.2) is 32.5 Å². The Hall–Kier alpha value is -2.66. The van der Waals surface area contributed by atoms with Crippen LogP contribution in [0.1, 0.15) is 29.5 Å². The number of fused-ring (bicyclic) bond motifs is 3. The first kappa shape index (κ1) is 17.7. The van der Waals surface area contributed by atoms with Gasteiger partial charge in [-0.2, -0.15) is 0 Å². The Kier molecular flexibility index (Phi) is 4.94. The minimum Gasteiger partial charge on any atom is -0.504 e. The van der Waals surface area contributed by atoms with Gasteiger partial charge in [-0.1, -0.05) is 18.2 Å². The summed E-state index contributed by atoms with van der Waals surface area (Å²) in [6, 6.07) is 12.0. The molecule has 0 radical (unpaired) electrons. The van der Waals surface area contributed by atoms with E-state index in [9.17, 15) is 5.11 Å². The molecule has 0 amide bonds. The minimum absolute atomic E-state index is 0.159. The molecule has 0 fully saturated rings. The van der Waals surface area contributed by atoms with E-state index in [1.54, 1.807) is 20.3 Å². The molecule has 5 nitrogen and oxygen atoms in total. The van der Waals surface area contributed by atoms with Crippen LogP contribution in [0.25, 0.3) is 0 Å². The lowest BCUT2D eigenvalue weighted by Gasteiger charge is -2.37. The Labute approximate surface area is 159 Å². The highest BCUT2D eigenvalue weighted by molar-refractivity contribution is 5.62. The van der Waals surface area contributed by atoms with Gasteiger partial charge in [-0.25, -0.2) is 0 Å². The number of rotatable bonds is 6. The number of allylic oxidation sites excluding steroid dienone is 2. The standard InChI is InChI=1S/C22H25NO4/c1-25-10-11-27-15-7-8-19-18(13-15)16-4-3-5-17(16)22(23-19)14-6-9-20(24)21(12-14)26-2/h3-4,6-9,12-13,16-17,22-24H,5,10-11H2,1-2H3. The lowest BCUT2D eigenvalue weighted by Crippen LogP contribution is -2.29. The lowest BCUT2D eigenvalue weighted by atomic mass is 9.77. The van der Waals surface area contributed by atoms with E-state index >= 15 is 0 Å². The third kappa shape index (κ3) is 3.35. The van der Waals surface area contributed by atoms with E-state index in [4.69, 9.17) is 14.2 Å². The molecule has 2 N–H and O–H groups in total. The summed E-state index contributed by atoms with van der Waals surface area (Å²) in [6.07, 6.45) is 5.57. The lowest BCUT2D eigenvalue weighted by molar-refractivity contribution is 0.146. The third-order valence-corrected chi connectivity index (χ3v) is 5.45. The molecule has 0 bridgehead atoms. The predicted octanol–water partition coefficient (Wildman–Crippen LogP) is 4.25. The Morgan fingerprint density at radius 2 is 2.00 bits per heavy atom. The van der Waals surface area contributed by atoms with Crippen LogP contribution in [0.3, 0.4) is 0 Å². The SMILES string of the molecule is COCCOc1ccc2c(c1)C1C=CCC1C(c1ccc(O)c(OC)c1)N2. The molecule has 1 aliphatic carbocycles. The van der Waals surface area contributed by atoms with Crippen LogP contribution in [0.15, 0.2) is 48.6 Å². The fraction of sp³-hybridized carbons (Fsp3) is 0.364. The van der Waals surface area contributed by atoms with E-state index in [1.807, 2.05) is 18.2 Å². The first-order valence-corrected chi connectivity index (χ1v) is 9.27. The highest BCUT2D eigenvalue weighted by Gasteiger charge is 2.38. The molecule has 142 valence electrons. The Morgan fingerprint density at radius 1 is 1.11 bits per heavy atom. The molecule has 0 aromatic heterocycles.